The second-order valence-electron chi connectivity index (χ2n) is 8.37. The zero-order valence-corrected chi connectivity index (χ0v) is 18.2. The number of anilines is 2. The quantitative estimate of drug-likeness (QED) is 0.376. The minimum absolute atomic E-state index is 0.212. The van der Waals surface area contributed by atoms with Crippen molar-refractivity contribution in [1.29, 1.82) is 0 Å². The molecule has 34 heavy (non-hydrogen) atoms. The number of carbonyl (C=O) groups excluding carboxylic acids is 4. The molecule has 0 saturated carbocycles. The van der Waals surface area contributed by atoms with Crippen LogP contribution in [0.1, 0.15) is 63.7 Å². The molecule has 5 heteroatoms. The number of carbonyl (C=O) groups is 4. The van der Waals surface area contributed by atoms with E-state index in [2.05, 4.69) is 0 Å². The molecule has 0 fully saturated rings. The van der Waals surface area contributed by atoms with Gasteiger partial charge >= 0.3 is 0 Å². The van der Waals surface area contributed by atoms with Crippen LogP contribution in [0.15, 0.2) is 84.9 Å². The fraction of sp³-hybridized carbons (Fsp3) is 0.0345. The van der Waals surface area contributed by atoms with Crippen LogP contribution in [0.5, 0.6) is 0 Å². The molecule has 2 aliphatic carbocycles. The average Bonchev–Trinajstić information content (AvgIpc) is 2.89. The van der Waals surface area contributed by atoms with E-state index in [-0.39, 0.29) is 23.1 Å². The Hall–Kier alpha value is -4.64. The maximum absolute atomic E-state index is 13.5. The summed E-state index contributed by atoms with van der Waals surface area (Å²) < 4.78 is 0. The minimum atomic E-state index is -0.245. The lowest BCUT2D eigenvalue weighted by molar-refractivity contribution is 0.0979. The van der Waals surface area contributed by atoms with E-state index in [4.69, 9.17) is 0 Å². The Labute approximate surface area is 195 Å². The molecule has 4 aromatic carbocycles. The van der Waals surface area contributed by atoms with Crippen molar-refractivity contribution < 1.29 is 19.2 Å². The standard InChI is InChI=1S/C29H17NO4/c1-30(22-14-6-12-20-24(22)28(33)18-10-4-2-8-16(18)26(20)31)23-15-7-13-21-25(23)29(34)19-11-5-3-9-17(19)27(21)32/h2-15H,1H3. The number of hydrogen-bond acceptors (Lipinski definition) is 5. The molecule has 0 aromatic heterocycles. The van der Waals surface area contributed by atoms with E-state index in [0.717, 1.165) is 0 Å². The molecule has 0 unspecified atom stereocenters. The summed E-state index contributed by atoms with van der Waals surface area (Å²) in [5, 5.41) is 0. The lowest BCUT2D eigenvalue weighted by atomic mass is 9.82. The first kappa shape index (κ1) is 20.0. The molecule has 162 valence electrons. The molecule has 2 aliphatic rings. The van der Waals surface area contributed by atoms with Crippen molar-refractivity contribution in [3.05, 3.63) is 129 Å². The summed E-state index contributed by atoms with van der Waals surface area (Å²) in [5.74, 6) is -0.915. The number of rotatable bonds is 2. The van der Waals surface area contributed by atoms with Crippen molar-refractivity contribution in [2.24, 2.45) is 0 Å². The first-order valence-electron chi connectivity index (χ1n) is 10.9. The van der Waals surface area contributed by atoms with Crippen LogP contribution in [0.25, 0.3) is 0 Å². The Bertz CT molecular complexity index is 1480. The van der Waals surface area contributed by atoms with Crippen LogP contribution in [0.4, 0.5) is 11.4 Å². The predicted molar refractivity (Wildman–Crippen MR) is 128 cm³/mol. The minimum Gasteiger partial charge on any atom is -0.343 e. The molecule has 0 amide bonds. The number of nitrogens with zero attached hydrogens (tertiary/aromatic N) is 1. The van der Waals surface area contributed by atoms with Crippen LogP contribution in [0.2, 0.25) is 0 Å². The number of hydrogen-bond donors (Lipinski definition) is 0. The summed E-state index contributed by atoms with van der Waals surface area (Å²) in [6.45, 7) is 0. The Morgan fingerprint density at radius 2 is 0.735 bits per heavy atom. The fourth-order valence-corrected chi connectivity index (χ4v) is 4.94. The second kappa shape index (κ2) is 7.18. The molecule has 0 radical (unpaired) electrons. The second-order valence-corrected chi connectivity index (χ2v) is 8.37. The molecule has 0 heterocycles. The van der Waals surface area contributed by atoms with Gasteiger partial charge in [-0.3, -0.25) is 19.2 Å². The van der Waals surface area contributed by atoms with Crippen LogP contribution in [0.3, 0.4) is 0 Å². The molecule has 0 bridgehead atoms. The Morgan fingerprint density at radius 1 is 0.412 bits per heavy atom. The zero-order valence-electron chi connectivity index (χ0n) is 18.2. The van der Waals surface area contributed by atoms with E-state index in [1.54, 1.807) is 96.9 Å². The number of ketones is 4. The van der Waals surface area contributed by atoms with Crippen LogP contribution in [-0.4, -0.2) is 30.2 Å². The van der Waals surface area contributed by atoms with Gasteiger partial charge in [-0.15, -0.1) is 0 Å². The van der Waals surface area contributed by atoms with Crippen molar-refractivity contribution in [3.8, 4) is 0 Å². The van der Waals surface area contributed by atoms with Gasteiger partial charge in [-0.25, -0.2) is 0 Å². The lowest BCUT2D eigenvalue weighted by Gasteiger charge is -2.29. The molecule has 0 N–H and O–H groups in total. The van der Waals surface area contributed by atoms with Crippen molar-refractivity contribution in [2.45, 2.75) is 0 Å². The van der Waals surface area contributed by atoms with Crippen molar-refractivity contribution in [2.75, 3.05) is 11.9 Å². The zero-order chi connectivity index (χ0) is 23.6. The largest absolute Gasteiger partial charge is 0.343 e. The summed E-state index contributed by atoms with van der Waals surface area (Å²) >= 11 is 0. The summed E-state index contributed by atoms with van der Waals surface area (Å²) in [5.41, 5.74) is 3.71. The van der Waals surface area contributed by atoms with E-state index < -0.39 is 0 Å². The van der Waals surface area contributed by atoms with Gasteiger partial charge < -0.3 is 4.90 Å². The van der Waals surface area contributed by atoms with Crippen molar-refractivity contribution in [3.63, 3.8) is 0 Å². The average molecular weight is 443 g/mol. The first-order chi connectivity index (χ1) is 16.5. The monoisotopic (exact) mass is 443 g/mol. The van der Waals surface area contributed by atoms with E-state index in [1.807, 2.05) is 0 Å². The predicted octanol–water partition coefficient (Wildman–Crippen LogP) is 5.01. The molecule has 5 nitrogen and oxygen atoms in total. The molecule has 4 aromatic rings. The van der Waals surface area contributed by atoms with Crippen LogP contribution in [-0.2, 0) is 0 Å². The summed E-state index contributed by atoms with van der Waals surface area (Å²) in [6.07, 6.45) is 0. The molecule has 0 saturated heterocycles. The summed E-state index contributed by atoms with van der Waals surface area (Å²) in [6, 6.07) is 23.8. The van der Waals surface area contributed by atoms with Gasteiger partial charge in [-0.1, -0.05) is 72.8 Å². The highest BCUT2D eigenvalue weighted by Crippen LogP contribution is 2.39. The van der Waals surface area contributed by atoms with E-state index in [0.29, 0.717) is 55.9 Å². The van der Waals surface area contributed by atoms with Gasteiger partial charge in [0.05, 0.1) is 22.5 Å². The maximum Gasteiger partial charge on any atom is 0.196 e. The molecular weight excluding hydrogens is 426 g/mol. The highest BCUT2D eigenvalue weighted by Gasteiger charge is 2.35. The first-order valence-corrected chi connectivity index (χ1v) is 10.9. The smallest absolute Gasteiger partial charge is 0.196 e. The third-order valence-electron chi connectivity index (χ3n) is 6.58. The van der Waals surface area contributed by atoms with Crippen molar-refractivity contribution >= 4 is 34.5 Å². The Kier molecular flexibility index (Phi) is 4.23. The van der Waals surface area contributed by atoms with Gasteiger partial charge in [-0.2, -0.15) is 0 Å². The SMILES string of the molecule is CN(c1cccc2c1C(=O)c1ccccc1C2=O)c1cccc2c1C(=O)c1ccccc1C2=O. The van der Waals surface area contributed by atoms with Gasteiger partial charge in [0.25, 0.3) is 0 Å². The van der Waals surface area contributed by atoms with Crippen LogP contribution in [0, 0.1) is 0 Å². The van der Waals surface area contributed by atoms with Crippen LogP contribution < -0.4 is 4.90 Å². The van der Waals surface area contributed by atoms with Gasteiger partial charge in [0, 0.05) is 40.4 Å². The molecule has 6 rings (SSSR count). The molecule has 0 spiro atoms. The number of benzene rings is 4. The van der Waals surface area contributed by atoms with Gasteiger partial charge in [0.2, 0.25) is 0 Å². The topological polar surface area (TPSA) is 71.5 Å². The summed E-state index contributed by atoms with van der Waals surface area (Å²) in [4.78, 5) is 55.0. The number of fused-ring (bicyclic) bond motifs is 4. The third-order valence-corrected chi connectivity index (χ3v) is 6.58. The lowest BCUT2D eigenvalue weighted by Crippen LogP contribution is -2.27. The summed E-state index contributed by atoms with van der Waals surface area (Å²) in [7, 11) is 1.74. The van der Waals surface area contributed by atoms with Gasteiger partial charge in [-0.05, 0) is 12.1 Å². The highest BCUT2D eigenvalue weighted by molar-refractivity contribution is 6.32. The van der Waals surface area contributed by atoms with Gasteiger partial charge in [0.15, 0.2) is 23.1 Å². The Balaban J connectivity index is 1.54. The molecule has 0 atom stereocenters. The normalized spacial score (nSPS) is 13.7. The highest BCUT2D eigenvalue weighted by atomic mass is 16.1. The van der Waals surface area contributed by atoms with Gasteiger partial charge in [0.1, 0.15) is 0 Å². The Morgan fingerprint density at radius 3 is 1.12 bits per heavy atom. The van der Waals surface area contributed by atoms with E-state index >= 15 is 0 Å². The van der Waals surface area contributed by atoms with Crippen LogP contribution >= 0.6 is 0 Å². The fourth-order valence-electron chi connectivity index (χ4n) is 4.94. The van der Waals surface area contributed by atoms with Crippen molar-refractivity contribution in [1.82, 2.24) is 0 Å². The maximum atomic E-state index is 13.5. The molecule has 0 aliphatic heterocycles. The van der Waals surface area contributed by atoms with E-state index in [9.17, 15) is 19.2 Å². The third kappa shape index (κ3) is 2.61. The molecular formula is C29H17NO4. The van der Waals surface area contributed by atoms with E-state index in [1.165, 1.54) is 0 Å².